The fourth-order valence-electron chi connectivity index (χ4n) is 3.56. The lowest BCUT2D eigenvalue weighted by molar-refractivity contribution is 0.0659. The summed E-state index contributed by atoms with van der Waals surface area (Å²) in [4.78, 5) is 16.7. The van der Waals surface area contributed by atoms with Crippen molar-refractivity contribution in [1.82, 2.24) is 14.1 Å². The van der Waals surface area contributed by atoms with E-state index < -0.39 is 10.0 Å². The summed E-state index contributed by atoms with van der Waals surface area (Å²) in [5, 5.41) is 0. The van der Waals surface area contributed by atoms with E-state index in [-0.39, 0.29) is 11.9 Å². The van der Waals surface area contributed by atoms with Crippen LogP contribution in [0.4, 0.5) is 0 Å². The van der Waals surface area contributed by atoms with Gasteiger partial charge in [-0.1, -0.05) is 6.42 Å². The Hall–Kier alpha value is -1.38. The van der Waals surface area contributed by atoms with Crippen molar-refractivity contribution in [2.45, 2.75) is 32.2 Å². The molecule has 0 aliphatic carbocycles. The molecular weight excluding hydrogens is 342 g/mol. The van der Waals surface area contributed by atoms with Crippen LogP contribution in [0.25, 0.3) is 0 Å². The fraction of sp³-hybridized carbons (Fsp3) is 0.706. The highest BCUT2D eigenvalue weighted by atomic mass is 32.2. The molecular formula is C17H27N3O4S. The van der Waals surface area contributed by atoms with Gasteiger partial charge in [0, 0.05) is 26.2 Å². The Morgan fingerprint density at radius 2 is 1.68 bits per heavy atom. The van der Waals surface area contributed by atoms with E-state index in [1.807, 2.05) is 6.07 Å². The minimum absolute atomic E-state index is 0.162. The van der Waals surface area contributed by atoms with Crippen molar-refractivity contribution in [2.24, 2.45) is 0 Å². The van der Waals surface area contributed by atoms with Gasteiger partial charge in [0.05, 0.1) is 12.3 Å². The van der Waals surface area contributed by atoms with Crippen LogP contribution in [0, 0.1) is 0 Å². The Bertz CT molecular complexity index is 701. The number of carbonyl (C=O) groups is 1. The first-order valence-electron chi connectivity index (χ1n) is 8.94. The molecule has 7 nitrogen and oxygen atoms in total. The van der Waals surface area contributed by atoms with Gasteiger partial charge in [0.25, 0.3) is 5.91 Å². The van der Waals surface area contributed by atoms with Crippen molar-refractivity contribution in [3.8, 4) is 0 Å². The summed E-state index contributed by atoms with van der Waals surface area (Å²) in [5.41, 5.74) is 0. The number of piperazine rings is 1. The van der Waals surface area contributed by atoms with Gasteiger partial charge in [0.2, 0.25) is 10.0 Å². The van der Waals surface area contributed by atoms with Gasteiger partial charge in [-0.05, 0) is 45.0 Å². The van der Waals surface area contributed by atoms with Gasteiger partial charge >= 0.3 is 0 Å². The number of hydrogen-bond acceptors (Lipinski definition) is 5. The maximum atomic E-state index is 12.6. The number of sulfonamides is 1. The van der Waals surface area contributed by atoms with Crippen molar-refractivity contribution >= 4 is 15.9 Å². The summed E-state index contributed by atoms with van der Waals surface area (Å²) in [6, 6.07) is 3.80. The van der Waals surface area contributed by atoms with Crippen LogP contribution in [0.15, 0.2) is 16.5 Å². The quantitative estimate of drug-likeness (QED) is 0.805. The minimum atomic E-state index is -3.19. The Labute approximate surface area is 149 Å². The van der Waals surface area contributed by atoms with E-state index in [2.05, 4.69) is 11.8 Å². The van der Waals surface area contributed by atoms with Crippen LogP contribution in [-0.2, 0) is 10.0 Å². The third-order valence-electron chi connectivity index (χ3n) is 5.18. The molecule has 0 bridgehead atoms. The summed E-state index contributed by atoms with van der Waals surface area (Å²) in [5.74, 6) is 0.997. The highest BCUT2D eigenvalue weighted by molar-refractivity contribution is 7.88. The fourth-order valence-corrected chi connectivity index (χ4v) is 4.38. The number of furan rings is 1. The normalized spacial score (nSPS) is 22.1. The number of likely N-dealkylation sites (tertiary alicyclic amines) is 1. The lowest BCUT2D eigenvalue weighted by Crippen LogP contribution is -2.50. The second-order valence-corrected chi connectivity index (χ2v) is 8.91. The molecule has 0 unspecified atom stereocenters. The number of hydrogen-bond donors (Lipinski definition) is 0. The smallest absolute Gasteiger partial charge is 0.289 e. The van der Waals surface area contributed by atoms with E-state index in [4.69, 9.17) is 4.42 Å². The van der Waals surface area contributed by atoms with Crippen LogP contribution >= 0.6 is 0 Å². The zero-order chi connectivity index (χ0) is 18.0. The molecule has 2 aliphatic heterocycles. The van der Waals surface area contributed by atoms with Crippen LogP contribution in [0.2, 0.25) is 0 Å². The molecule has 0 N–H and O–H groups in total. The van der Waals surface area contributed by atoms with Crippen molar-refractivity contribution in [3.63, 3.8) is 0 Å². The Balaban J connectivity index is 1.61. The lowest BCUT2D eigenvalue weighted by Gasteiger charge is -2.33. The van der Waals surface area contributed by atoms with Crippen molar-refractivity contribution < 1.29 is 17.6 Å². The molecule has 1 amide bonds. The molecule has 3 rings (SSSR count). The Kier molecular flexibility index (Phi) is 5.50. The van der Waals surface area contributed by atoms with Gasteiger partial charge in [0.15, 0.2) is 5.76 Å². The topological polar surface area (TPSA) is 74.1 Å². The summed E-state index contributed by atoms with van der Waals surface area (Å²) in [6.07, 6.45) is 4.90. The van der Waals surface area contributed by atoms with E-state index >= 15 is 0 Å². The molecule has 140 valence electrons. The molecule has 1 aromatic heterocycles. The zero-order valence-corrected chi connectivity index (χ0v) is 15.8. The number of piperidine rings is 1. The van der Waals surface area contributed by atoms with Crippen LogP contribution < -0.4 is 0 Å². The molecule has 8 heteroatoms. The molecule has 0 aromatic carbocycles. The average Bonchev–Trinajstić information content (AvgIpc) is 3.10. The van der Waals surface area contributed by atoms with E-state index in [1.54, 1.807) is 11.0 Å². The highest BCUT2D eigenvalue weighted by Gasteiger charge is 2.29. The van der Waals surface area contributed by atoms with Crippen molar-refractivity contribution in [1.29, 1.82) is 0 Å². The van der Waals surface area contributed by atoms with E-state index in [0.29, 0.717) is 31.9 Å². The third kappa shape index (κ3) is 4.24. The zero-order valence-electron chi connectivity index (χ0n) is 15.0. The van der Waals surface area contributed by atoms with Crippen LogP contribution in [0.5, 0.6) is 0 Å². The first kappa shape index (κ1) is 18.4. The molecule has 2 fully saturated rings. The number of amides is 1. The molecule has 1 atom stereocenters. The predicted molar refractivity (Wildman–Crippen MR) is 94.9 cm³/mol. The van der Waals surface area contributed by atoms with Gasteiger partial charge in [-0.2, -0.15) is 4.31 Å². The maximum absolute atomic E-state index is 12.6. The van der Waals surface area contributed by atoms with Crippen molar-refractivity contribution in [2.75, 3.05) is 45.5 Å². The molecule has 2 saturated heterocycles. The first-order chi connectivity index (χ1) is 11.9. The van der Waals surface area contributed by atoms with Gasteiger partial charge in [-0.15, -0.1) is 0 Å². The maximum Gasteiger partial charge on any atom is 0.289 e. The molecule has 3 heterocycles. The van der Waals surface area contributed by atoms with Crippen molar-refractivity contribution in [3.05, 3.63) is 23.7 Å². The third-order valence-corrected chi connectivity index (χ3v) is 6.49. The second kappa shape index (κ2) is 7.47. The van der Waals surface area contributed by atoms with E-state index in [1.165, 1.54) is 29.8 Å². The Morgan fingerprint density at radius 1 is 1.04 bits per heavy atom. The number of nitrogens with zero attached hydrogens (tertiary/aromatic N) is 3. The predicted octanol–water partition coefficient (Wildman–Crippen LogP) is 1.54. The van der Waals surface area contributed by atoms with Gasteiger partial charge in [-0.3, -0.25) is 9.69 Å². The van der Waals surface area contributed by atoms with Gasteiger partial charge in [0.1, 0.15) is 5.76 Å². The average molecular weight is 369 g/mol. The van der Waals surface area contributed by atoms with Gasteiger partial charge in [-0.25, -0.2) is 8.42 Å². The summed E-state index contributed by atoms with van der Waals surface area (Å²) in [7, 11) is -3.19. The largest absolute Gasteiger partial charge is 0.454 e. The van der Waals surface area contributed by atoms with E-state index in [9.17, 15) is 13.2 Å². The molecule has 25 heavy (non-hydrogen) atoms. The molecule has 0 radical (unpaired) electrons. The second-order valence-electron chi connectivity index (χ2n) is 6.93. The molecule has 1 aromatic rings. The monoisotopic (exact) mass is 369 g/mol. The van der Waals surface area contributed by atoms with Crippen LogP contribution in [0.3, 0.4) is 0 Å². The minimum Gasteiger partial charge on any atom is -0.454 e. The standard InChI is InChI=1S/C17H27N3O4S/c1-14(18-8-4-3-5-9-18)15-6-7-16(24-15)17(21)19-10-12-20(13-11-19)25(2,22)23/h6-7,14H,3-5,8-13H2,1-2H3/t14-/m0/s1. The molecule has 2 aliphatic rings. The van der Waals surface area contributed by atoms with Gasteiger partial charge < -0.3 is 9.32 Å². The summed E-state index contributed by atoms with van der Waals surface area (Å²) >= 11 is 0. The SMILES string of the molecule is C[C@@H](c1ccc(C(=O)N2CCN(S(C)(=O)=O)CC2)o1)N1CCCCC1. The summed E-state index contributed by atoms with van der Waals surface area (Å²) in [6.45, 7) is 5.71. The number of carbonyl (C=O) groups excluding carboxylic acids is 1. The van der Waals surface area contributed by atoms with E-state index in [0.717, 1.165) is 18.8 Å². The van der Waals surface area contributed by atoms with Crippen LogP contribution in [-0.4, -0.2) is 74.0 Å². The number of rotatable bonds is 4. The lowest BCUT2D eigenvalue weighted by atomic mass is 10.1. The molecule has 0 spiro atoms. The van der Waals surface area contributed by atoms with Crippen LogP contribution in [0.1, 0.15) is 48.5 Å². The highest BCUT2D eigenvalue weighted by Crippen LogP contribution is 2.26. The summed E-state index contributed by atoms with van der Waals surface area (Å²) < 4.78 is 30.4. The first-order valence-corrected chi connectivity index (χ1v) is 10.8. The Morgan fingerprint density at radius 3 is 2.28 bits per heavy atom. The molecule has 0 saturated carbocycles.